The Bertz CT molecular complexity index is 636. The molecule has 22 heavy (non-hydrogen) atoms. The molecule has 0 saturated carbocycles. The van der Waals surface area contributed by atoms with Gasteiger partial charge in [0.15, 0.2) is 5.82 Å². The number of carbonyl (C=O) groups excluding carboxylic acids is 1. The van der Waals surface area contributed by atoms with E-state index in [0.717, 1.165) is 6.42 Å². The van der Waals surface area contributed by atoms with Crippen molar-refractivity contribution >= 4 is 17.7 Å². The summed E-state index contributed by atoms with van der Waals surface area (Å²) in [5.41, 5.74) is 0. The fraction of sp³-hybridized carbons (Fsp3) is 0.429. The van der Waals surface area contributed by atoms with Crippen molar-refractivity contribution in [2.75, 3.05) is 18.8 Å². The van der Waals surface area contributed by atoms with Crippen LogP contribution in [0.5, 0.6) is 0 Å². The van der Waals surface area contributed by atoms with Crippen LogP contribution in [0.3, 0.4) is 0 Å². The Labute approximate surface area is 131 Å². The van der Waals surface area contributed by atoms with E-state index >= 15 is 0 Å². The molecule has 1 amide bonds. The van der Waals surface area contributed by atoms with Crippen molar-refractivity contribution in [2.45, 2.75) is 23.7 Å². The van der Waals surface area contributed by atoms with Crippen LogP contribution in [0.1, 0.15) is 24.6 Å². The number of benzene rings is 1. The molecule has 1 aliphatic rings. The zero-order valence-corrected chi connectivity index (χ0v) is 12.7. The number of thioether (sulfide) groups is 1. The van der Waals surface area contributed by atoms with Gasteiger partial charge in [0.25, 0.3) is 0 Å². The first-order chi connectivity index (χ1) is 10.7. The molecule has 2 heterocycles. The molecule has 6 nitrogen and oxygen atoms in total. The SMILES string of the molecule is O=C(CCSc1ccccc1F)N1CCC(c2nn[nH]n2)C1. The number of halogens is 1. The van der Waals surface area contributed by atoms with Gasteiger partial charge < -0.3 is 4.90 Å². The predicted molar refractivity (Wildman–Crippen MR) is 79.9 cm³/mol. The smallest absolute Gasteiger partial charge is 0.223 e. The monoisotopic (exact) mass is 321 g/mol. The van der Waals surface area contributed by atoms with Gasteiger partial charge in [-0.15, -0.1) is 22.0 Å². The van der Waals surface area contributed by atoms with Gasteiger partial charge in [-0.25, -0.2) is 4.39 Å². The minimum absolute atomic E-state index is 0.0924. The highest BCUT2D eigenvalue weighted by atomic mass is 32.2. The standard InChI is InChI=1S/C14H16FN5OS/c15-11-3-1-2-4-12(11)22-8-6-13(21)20-7-5-10(9-20)14-16-18-19-17-14/h1-4,10H,5-9H2,(H,16,17,18,19). The summed E-state index contributed by atoms with van der Waals surface area (Å²) in [7, 11) is 0. The summed E-state index contributed by atoms with van der Waals surface area (Å²) in [5.74, 6) is 1.24. The number of amides is 1. The molecule has 0 radical (unpaired) electrons. The second kappa shape index (κ2) is 6.87. The Balaban J connectivity index is 1.46. The molecule has 1 aromatic heterocycles. The summed E-state index contributed by atoms with van der Waals surface area (Å²) < 4.78 is 13.5. The number of nitrogens with zero attached hydrogens (tertiary/aromatic N) is 4. The van der Waals surface area contributed by atoms with E-state index in [9.17, 15) is 9.18 Å². The number of rotatable bonds is 5. The average molecular weight is 321 g/mol. The van der Waals surface area contributed by atoms with E-state index in [1.54, 1.807) is 18.2 Å². The third-order valence-corrected chi connectivity index (χ3v) is 4.73. The largest absolute Gasteiger partial charge is 0.342 e. The highest BCUT2D eigenvalue weighted by Crippen LogP contribution is 2.26. The summed E-state index contributed by atoms with van der Waals surface area (Å²) in [6.45, 7) is 1.34. The molecule has 1 aliphatic heterocycles. The molecule has 116 valence electrons. The molecule has 0 aliphatic carbocycles. The lowest BCUT2D eigenvalue weighted by molar-refractivity contribution is -0.129. The molecule has 0 bridgehead atoms. The minimum atomic E-state index is -0.238. The molecule has 8 heteroatoms. The van der Waals surface area contributed by atoms with Crippen molar-refractivity contribution in [2.24, 2.45) is 0 Å². The van der Waals surface area contributed by atoms with Gasteiger partial charge in [0.05, 0.1) is 0 Å². The zero-order valence-electron chi connectivity index (χ0n) is 11.9. The zero-order chi connectivity index (χ0) is 15.4. The number of carbonyl (C=O) groups is 1. The van der Waals surface area contributed by atoms with Gasteiger partial charge in [0.1, 0.15) is 5.82 Å². The lowest BCUT2D eigenvalue weighted by Crippen LogP contribution is -2.28. The number of likely N-dealkylation sites (tertiary alicyclic amines) is 1. The van der Waals surface area contributed by atoms with E-state index in [0.29, 0.717) is 36.0 Å². The van der Waals surface area contributed by atoms with Crippen molar-refractivity contribution in [3.63, 3.8) is 0 Å². The van der Waals surface area contributed by atoms with Crippen molar-refractivity contribution < 1.29 is 9.18 Å². The molecule has 1 fully saturated rings. The maximum absolute atomic E-state index is 13.5. The van der Waals surface area contributed by atoms with Crippen LogP contribution >= 0.6 is 11.8 Å². The summed E-state index contributed by atoms with van der Waals surface area (Å²) in [5, 5.41) is 13.9. The Morgan fingerprint density at radius 1 is 1.45 bits per heavy atom. The molecule has 2 aromatic rings. The molecule has 0 spiro atoms. The number of H-pyrrole nitrogens is 1. The van der Waals surface area contributed by atoms with Crippen LogP contribution in [0.25, 0.3) is 0 Å². The molecule has 1 unspecified atom stereocenters. The molecule has 1 atom stereocenters. The van der Waals surface area contributed by atoms with E-state index in [-0.39, 0.29) is 17.6 Å². The molecule has 1 N–H and O–H groups in total. The Morgan fingerprint density at radius 2 is 2.32 bits per heavy atom. The van der Waals surface area contributed by atoms with Gasteiger partial charge in [0.2, 0.25) is 5.91 Å². The summed E-state index contributed by atoms with van der Waals surface area (Å²) in [6.07, 6.45) is 1.25. The van der Waals surface area contributed by atoms with Gasteiger partial charge in [0, 0.05) is 36.1 Å². The molecular weight excluding hydrogens is 305 g/mol. The van der Waals surface area contributed by atoms with Crippen LogP contribution in [0.15, 0.2) is 29.2 Å². The number of nitrogens with one attached hydrogen (secondary N) is 1. The third kappa shape index (κ3) is 3.44. The van der Waals surface area contributed by atoms with Crippen molar-refractivity contribution in [1.29, 1.82) is 0 Å². The molecule has 3 rings (SSSR count). The Morgan fingerprint density at radius 3 is 3.09 bits per heavy atom. The van der Waals surface area contributed by atoms with Crippen molar-refractivity contribution in [3.8, 4) is 0 Å². The van der Waals surface area contributed by atoms with Gasteiger partial charge in [-0.05, 0) is 18.6 Å². The molecule has 1 saturated heterocycles. The quantitative estimate of drug-likeness (QED) is 0.851. The predicted octanol–water partition coefficient (Wildman–Crippen LogP) is 1.84. The fourth-order valence-corrected chi connectivity index (χ4v) is 3.39. The lowest BCUT2D eigenvalue weighted by Gasteiger charge is -2.15. The number of aromatic nitrogens is 4. The number of hydrogen-bond donors (Lipinski definition) is 1. The topological polar surface area (TPSA) is 74.8 Å². The van der Waals surface area contributed by atoms with E-state index in [1.807, 2.05) is 4.90 Å². The first-order valence-corrected chi connectivity index (χ1v) is 8.11. The van der Waals surface area contributed by atoms with Gasteiger partial charge in [-0.2, -0.15) is 5.21 Å². The molecule has 1 aromatic carbocycles. The maximum Gasteiger partial charge on any atom is 0.223 e. The van der Waals surface area contributed by atoms with Crippen LogP contribution < -0.4 is 0 Å². The summed E-state index contributed by atoms with van der Waals surface area (Å²) in [4.78, 5) is 14.6. The Kier molecular flexibility index (Phi) is 4.67. The Hall–Kier alpha value is -1.96. The maximum atomic E-state index is 13.5. The van der Waals surface area contributed by atoms with Crippen LogP contribution in [-0.4, -0.2) is 50.3 Å². The number of aromatic amines is 1. The van der Waals surface area contributed by atoms with E-state index in [2.05, 4.69) is 20.6 Å². The highest BCUT2D eigenvalue weighted by Gasteiger charge is 2.29. The number of tetrazole rings is 1. The van der Waals surface area contributed by atoms with Crippen molar-refractivity contribution in [3.05, 3.63) is 35.9 Å². The summed E-state index contributed by atoms with van der Waals surface area (Å²) in [6, 6.07) is 6.61. The second-order valence-electron chi connectivity index (χ2n) is 5.12. The minimum Gasteiger partial charge on any atom is -0.342 e. The third-order valence-electron chi connectivity index (χ3n) is 3.68. The van der Waals surface area contributed by atoms with Crippen LogP contribution in [-0.2, 0) is 4.79 Å². The van der Waals surface area contributed by atoms with Crippen LogP contribution in [0.4, 0.5) is 4.39 Å². The van der Waals surface area contributed by atoms with Crippen molar-refractivity contribution in [1.82, 2.24) is 25.5 Å². The first-order valence-electron chi connectivity index (χ1n) is 7.12. The first kappa shape index (κ1) is 15.0. The lowest BCUT2D eigenvalue weighted by atomic mass is 10.1. The second-order valence-corrected chi connectivity index (χ2v) is 6.26. The van der Waals surface area contributed by atoms with Crippen LogP contribution in [0.2, 0.25) is 0 Å². The highest BCUT2D eigenvalue weighted by molar-refractivity contribution is 7.99. The fourth-order valence-electron chi connectivity index (χ4n) is 2.51. The van der Waals surface area contributed by atoms with Gasteiger partial charge in [-0.1, -0.05) is 17.3 Å². The summed E-state index contributed by atoms with van der Waals surface area (Å²) >= 11 is 1.37. The van der Waals surface area contributed by atoms with Gasteiger partial charge in [-0.3, -0.25) is 4.79 Å². The van der Waals surface area contributed by atoms with E-state index < -0.39 is 0 Å². The molecular formula is C14H16FN5OS. The van der Waals surface area contributed by atoms with Gasteiger partial charge >= 0.3 is 0 Å². The van der Waals surface area contributed by atoms with E-state index in [4.69, 9.17) is 0 Å². The van der Waals surface area contributed by atoms with E-state index in [1.165, 1.54) is 17.8 Å². The average Bonchev–Trinajstić information content (AvgIpc) is 3.20. The normalized spacial score (nSPS) is 17.9. The number of hydrogen-bond acceptors (Lipinski definition) is 5. The van der Waals surface area contributed by atoms with Crippen LogP contribution in [0, 0.1) is 5.82 Å².